The lowest BCUT2D eigenvalue weighted by Crippen LogP contribution is -2.34. The first-order valence-corrected chi connectivity index (χ1v) is 6.78. The van der Waals surface area contributed by atoms with Gasteiger partial charge in [0.25, 0.3) is 0 Å². The second-order valence-corrected chi connectivity index (χ2v) is 4.81. The SMILES string of the molecule is O=C1CN=Cc2ccccc2N1CCc1ccccc1. The number of carbonyl (C=O) groups excluding carboxylic acids is 1. The summed E-state index contributed by atoms with van der Waals surface area (Å²) < 4.78 is 0. The van der Waals surface area contributed by atoms with Crippen LogP contribution in [0.2, 0.25) is 0 Å². The van der Waals surface area contributed by atoms with Crippen molar-refractivity contribution >= 4 is 17.8 Å². The summed E-state index contributed by atoms with van der Waals surface area (Å²) in [7, 11) is 0. The molecule has 1 amide bonds. The standard InChI is InChI=1S/C17H16N2O/c20-17-13-18-12-15-8-4-5-9-16(15)19(17)11-10-14-6-2-1-3-7-14/h1-9,12H,10-11,13H2. The highest BCUT2D eigenvalue weighted by molar-refractivity contribution is 6.03. The molecular formula is C17H16N2O. The van der Waals surface area contributed by atoms with Crippen LogP contribution in [-0.4, -0.2) is 25.2 Å². The molecule has 0 fully saturated rings. The molecule has 0 N–H and O–H groups in total. The van der Waals surface area contributed by atoms with Crippen LogP contribution in [0.25, 0.3) is 0 Å². The van der Waals surface area contributed by atoms with Crippen LogP contribution in [0.1, 0.15) is 11.1 Å². The molecule has 0 unspecified atom stereocenters. The summed E-state index contributed by atoms with van der Waals surface area (Å²) in [5, 5.41) is 0. The lowest BCUT2D eigenvalue weighted by atomic mass is 10.1. The van der Waals surface area contributed by atoms with E-state index >= 15 is 0 Å². The van der Waals surface area contributed by atoms with Crippen molar-refractivity contribution in [3.63, 3.8) is 0 Å². The van der Waals surface area contributed by atoms with Crippen LogP contribution in [0, 0.1) is 0 Å². The minimum atomic E-state index is 0.0575. The fourth-order valence-corrected chi connectivity index (χ4v) is 2.42. The molecule has 0 radical (unpaired) electrons. The molecular weight excluding hydrogens is 248 g/mol. The number of benzodiazepines with no additional fused rings is 1. The molecule has 1 aliphatic rings. The summed E-state index contributed by atoms with van der Waals surface area (Å²) in [5.41, 5.74) is 3.20. The van der Waals surface area contributed by atoms with Crippen LogP contribution >= 0.6 is 0 Å². The van der Waals surface area contributed by atoms with Gasteiger partial charge in [0.2, 0.25) is 5.91 Å². The Hall–Kier alpha value is -2.42. The van der Waals surface area contributed by atoms with Crippen LogP contribution in [0.4, 0.5) is 5.69 Å². The summed E-state index contributed by atoms with van der Waals surface area (Å²) in [6.07, 6.45) is 2.64. The molecule has 3 heteroatoms. The van der Waals surface area contributed by atoms with Crippen molar-refractivity contribution in [3.8, 4) is 0 Å². The zero-order chi connectivity index (χ0) is 13.8. The van der Waals surface area contributed by atoms with Gasteiger partial charge in [0.05, 0.1) is 5.69 Å². The number of para-hydroxylation sites is 1. The first-order chi connectivity index (χ1) is 9.84. The predicted octanol–water partition coefficient (Wildman–Crippen LogP) is 2.69. The molecule has 0 bridgehead atoms. The van der Waals surface area contributed by atoms with E-state index in [-0.39, 0.29) is 12.5 Å². The van der Waals surface area contributed by atoms with Gasteiger partial charge < -0.3 is 4.90 Å². The Bertz CT molecular complexity index is 634. The second-order valence-electron chi connectivity index (χ2n) is 4.81. The Kier molecular flexibility index (Phi) is 3.59. The number of hydrogen-bond acceptors (Lipinski definition) is 2. The third-order valence-electron chi connectivity index (χ3n) is 3.45. The van der Waals surface area contributed by atoms with Crippen molar-refractivity contribution in [1.82, 2.24) is 0 Å². The normalized spacial score (nSPS) is 14.0. The minimum absolute atomic E-state index is 0.0575. The van der Waals surface area contributed by atoms with E-state index in [1.54, 1.807) is 6.21 Å². The van der Waals surface area contributed by atoms with Gasteiger partial charge in [0.15, 0.2) is 0 Å². The molecule has 0 spiro atoms. The number of aliphatic imine (C=N–C) groups is 1. The van der Waals surface area contributed by atoms with Crippen LogP contribution in [0.3, 0.4) is 0 Å². The van der Waals surface area contributed by atoms with Crippen molar-refractivity contribution in [1.29, 1.82) is 0 Å². The number of amides is 1. The lowest BCUT2D eigenvalue weighted by molar-refractivity contribution is -0.117. The van der Waals surface area contributed by atoms with Gasteiger partial charge in [0.1, 0.15) is 6.54 Å². The van der Waals surface area contributed by atoms with E-state index < -0.39 is 0 Å². The second kappa shape index (κ2) is 5.70. The highest BCUT2D eigenvalue weighted by Gasteiger charge is 2.19. The van der Waals surface area contributed by atoms with E-state index in [1.165, 1.54) is 5.56 Å². The van der Waals surface area contributed by atoms with Gasteiger partial charge in [-0.2, -0.15) is 0 Å². The van der Waals surface area contributed by atoms with Crippen LogP contribution in [-0.2, 0) is 11.2 Å². The van der Waals surface area contributed by atoms with Crippen molar-refractivity contribution in [2.75, 3.05) is 18.0 Å². The Morgan fingerprint density at radius 2 is 1.75 bits per heavy atom. The molecule has 0 aliphatic carbocycles. The minimum Gasteiger partial charge on any atom is -0.310 e. The van der Waals surface area contributed by atoms with Crippen molar-refractivity contribution < 1.29 is 4.79 Å². The molecule has 3 rings (SSSR count). The number of nitrogens with zero attached hydrogens (tertiary/aromatic N) is 2. The summed E-state index contributed by atoms with van der Waals surface area (Å²) in [6.45, 7) is 0.909. The number of hydrogen-bond donors (Lipinski definition) is 0. The van der Waals surface area contributed by atoms with Gasteiger partial charge in [-0.25, -0.2) is 0 Å². The molecule has 0 saturated carbocycles. The molecule has 0 saturated heterocycles. The molecule has 0 atom stereocenters. The van der Waals surface area contributed by atoms with Gasteiger partial charge in [0, 0.05) is 18.3 Å². The summed E-state index contributed by atoms with van der Waals surface area (Å²) in [5.74, 6) is 0.0575. The fourth-order valence-electron chi connectivity index (χ4n) is 2.42. The van der Waals surface area contributed by atoms with Gasteiger partial charge >= 0.3 is 0 Å². The maximum atomic E-state index is 12.2. The highest BCUT2D eigenvalue weighted by atomic mass is 16.2. The first-order valence-electron chi connectivity index (χ1n) is 6.78. The first kappa shape index (κ1) is 12.6. The summed E-state index contributed by atoms with van der Waals surface area (Å²) in [4.78, 5) is 18.2. The van der Waals surface area contributed by atoms with E-state index in [9.17, 15) is 4.79 Å². The number of carbonyl (C=O) groups is 1. The number of benzene rings is 2. The van der Waals surface area contributed by atoms with Gasteiger partial charge in [-0.05, 0) is 18.1 Å². The summed E-state index contributed by atoms with van der Waals surface area (Å²) >= 11 is 0. The van der Waals surface area contributed by atoms with E-state index in [0.29, 0.717) is 6.54 Å². The highest BCUT2D eigenvalue weighted by Crippen LogP contribution is 2.21. The predicted molar refractivity (Wildman–Crippen MR) is 81.4 cm³/mol. The van der Waals surface area contributed by atoms with Gasteiger partial charge in [-0.1, -0.05) is 48.5 Å². The largest absolute Gasteiger partial charge is 0.310 e. The Balaban J connectivity index is 1.83. The smallest absolute Gasteiger partial charge is 0.248 e. The van der Waals surface area contributed by atoms with Crippen LogP contribution in [0.5, 0.6) is 0 Å². The molecule has 2 aromatic carbocycles. The maximum absolute atomic E-state index is 12.2. The lowest BCUT2D eigenvalue weighted by Gasteiger charge is -2.22. The third kappa shape index (κ3) is 2.62. The Morgan fingerprint density at radius 1 is 1.00 bits per heavy atom. The van der Waals surface area contributed by atoms with E-state index in [0.717, 1.165) is 17.7 Å². The number of rotatable bonds is 3. The quantitative estimate of drug-likeness (QED) is 0.839. The van der Waals surface area contributed by atoms with Crippen LogP contribution in [0.15, 0.2) is 59.6 Å². The molecule has 3 nitrogen and oxygen atoms in total. The molecule has 2 aromatic rings. The molecule has 1 aliphatic heterocycles. The zero-order valence-electron chi connectivity index (χ0n) is 11.2. The van der Waals surface area contributed by atoms with Crippen LogP contribution < -0.4 is 4.90 Å². The van der Waals surface area contributed by atoms with Crippen molar-refractivity contribution in [2.45, 2.75) is 6.42 Å². The number of fused-ring (bicyclic) bond motifs is 1. The average molecular weight is 264 g/mol. The molecule has 20 heavy (non-hydrogen) atoms. The topological polar surface area (TPSA) is 32.7 Å². The van der Waals surface area contributed by atoms with Gasteiger partial charge in [-0.15, -0.1) is 0 Å². The van der Waals surface area contributed by atoms with Crippen molar-refractivity contribution in [2.24, 2.45) is 4.99 Å². The van der Waals surface area contributed by atoms with E-state index in [2.05, 4.69) is 17.1 Å². The molecule has 0 aromatic heterocycles. The molecule has 1 heterocycles. The molecule has 100 valence electrons. The average Bonchev–Trinajstić information content (AvgIpc) is 2.65. The Morgan fingerprint density at radius 3 is 2.60 bits per heavy atom. The monoisotopic (exact) mass is 264 g/mol. The summed E-state index contributed by atoms with van der Waals surface area (Å²) in [6, 6.07) is 18.1. The third-order valence-corrected chi connectivity index (χ3v) is 3.45. The number of anilines is 1. The zero-order valence-corrected chi connectivity index (χ0v) is 11.2. The van der Waals surface area contributed by atoms with E-state index in [4.69, 9.17) is 0 Å². The maximum Gasteiger partial charge on any atom is 0.248 e. The fraction of sp³-hybridized carbons (Fsp3) is 0.176. The van der Waals surface area contributed by atoms with Gasteiger partial charge in [-0.3, -0.25) is 9.79 Å². The van der Waals surface area contributed by atoms with E-state index in [1.807, 2.05) is 47.4 Å². The Labute approximate surface area is 118 Å². The van der Waals surface area contributed by atoms with Crippen molar-refractivity contribution in [3.05, 3.63) is 65.7 Å².